The average Bonchev–Trinajstić information content (AvgIpc) is 3.04. The van der Waals surface area contributed by atoms with Crippen LogP contribution in [0, 0.1) is 40.4 Å². The third kappa shape index (κ3) is 3.53. The molecule has 162 valence electrons. The molecule has 0 bridgehead atoms. The lowest BCUT2D eigenvalue weighted by Crippen LogP contribution is -2.51. The number of allylic oxidation sites excluding steroid dienone is 4. The van der Waals surface area contributed by atoms with E-state index in [0.717, 1.165) is 41.7 Å². The van der Waals surface area contributed by atoms with E-state index in [-0.39, 0.29) is 0 Å². The van der Waals surface area contributed by atoms with Crippen LogP contribution < -0.4 is 0 Å². The molecule has 2 heteroatoms. The normalized spacial score (nSPS) is 43.8. The smallest absolute Gasteiger partial charge is 0.0795 e. The topological polar surface area (TPSA) is 32.6 Å². The van der Waals surface area contributed by atoms with Crippen molar-refractivity contribution in [3.63, 3.8) is 0 Å². The predicted molar refractivity (Wildman–Crippen MR) is 122 cm³/mol. The van der Waals surface area contributed by atoms with Crippen molar-refractivity contribution < 1.29 is 5.21 Å². The Morgan fingerprint density at radius 2 is 1.93 bits per heavy atom. The minimum Gasteiger partial charge on any atom is -0.411 e. The van der Waals surface area contributed by atoms with Gasteiger partial charge in [-0.3, -0.25) is 0 Å². The molecule has 0 aromatic carbocycles. The standard InChI is InChI=1S/C27H43NO/c1-18(2)7-6-8-19(3)23-11-12-24-22-10-9-20-17-21(28-29)13-15-26(20,4)25(22)14-16-27(23,24)5/h7,17,19,22-25,29H,6,8-16H2,1-5H3/t19-,22+,23-,24+,25+,26+,27-/m1/s1. The van der Waals surface area contributed by atoms with Crippen molar-refractivity contribution in [3.8, 4) is 0 Å². The van der Waals surface area contributed by atoms with E-state index in [1.807, 2.05) is 0 Å². The minimum atomic E-state index is 0.353. The fourth-order valence-electron chi connectivity index (χ4n) is 8.46. The first kappa shape index (κ1) is 21.2. The molecule has 3 fully saturated rings. The average molecular weight is 398 g/mol. The Bertz CT molecular complexity index is 714. The van der Waals surface area contributed by atoms with Crippen LogP contribution in [0.25, 0.3) is 0 Å². The first-order valence-corrected chi connectivity index (χ1v) is 12.3. The molecule has 3 saturated carbocycles. The molecule has 7 atom stereocenters. The summed E-state index contributed by atoms with van der Waals surface area (Å²) in [4.78, 5) is 0. The predicted octanol–water partition coefficient (Wildman–Crippen LogP) is 7.78. The van der Waals surface area contributed by atoms with Gasteiger partial charge in [-0.25, -0.2) is 0 Å². The Morgan fingerprint density at radius 3 is 2.66 bits per heavy atom. The third-order valence-corrected chi connectivity index (χ3v) is 10.0. The highest BCUT2D eigenvalue weighted by Gasteiger charge is 2.59. The molecule has 4 rings (SSSR count). The summed E-state index contributed by atoms with van der Waals surface area (Å²) in [6.07, 6.45) is 17.8. The van der Waals surface area contributed by atoms with Crippen LogP contribution in [0.15, 0.2) is 28.5 Å². The zero-order chi connectivity index (χ0) is 20.8. The Labute approximate surface area is 178 Å². The number of rotatable bonds is 4. The van der Waals surface area contributed by atoms with Crippen LogP contribution >= 0.6 is 0 Å². The van der Waals surface area contributed by atoms with Crippen molar-refractivity contribution in [1.29, 1.82) is 0 Å². The van der Waals surface area contributed by atoms with E-state index in [4.69, 9.17) is 0 Å². The molecule has 2 nitrogen and oxygen atoms in total. The SMILES string of the molecule is CC(C)=CCC[C@@H](C)[C@H]1CC[C@H]2[C@@H]3CCC4=CC(=NO)CC[C@]4(C)[C@H]3CC[C@]12C. The summed E-state index contributed by atoms with van der Waals surface area (Å²) in [5.41, 5.74) is 4.88. The van der Waals surface area contributed by atoms with Crippen LogP contribution in [0.1, 0.15) is 98.8 Å². The van der Waals surface area contributed by atoms with Gasteiger partial charge >= 0.3 is 0 Å². The van der Waals surface area contributed by atoms with Gasteiger partial charge in [0.25, 0.3) is 0 Å². The van der Waals surface area contributed by atoms with Crippen molar-refractivity contribution in [2.24, 2.45) is 45.6 Å². The van der Waals surface area contributed by atoms with E-state index in [2.05, 4.69) is 51.9 Å². The maximum atomic E-state index is 9.27. The van der Waals surface area contributed by atoms with Gasteiger partial charge in [0, 0.05) is 0 Å². The maximum Gasteiger partial charge on any atom is 0.0795 e. The molecule has 0 unspecified atom stereocenters. The number of fused-ring (bicyclic) bond motifs is 5. The molecule has 0 spiro atoms. The summed E-state index contributed by atoms with van der Waals surface area (Å²) in [5.74, 6) is 4.47. The van der Waals surface area contributed by atoms with E-state index < -0.39 is 0 Å². The number of hydrogen-bond donors (Lipinski definition) is 1. The van der Waals surface area contributed by atoms with Gasteiger partial charge in [0.05, 0.1) is 5.71 Å². The molecule has 29 heavy (non-hydrogen) atoms. The van der Waals surface area contributed by atoms with Crippen LogP contribution in [0.2, 0.25) is 0 Å². The number of hydrogen-bond acceptors (Lipinski definition) is 2. The first-order valence-electron chi connectivity index (χ1n) is 12.3. The van der Waals surface area contributed by atoms with Crippen molar-refractivity contribution in [3.05, 3.63) is 23.3 Å². The summed E-state index contributed by atoms with van der Waals surface area (Å²) in [6.45, 7) is 12.2. The second kappa shape index (κ2) is 7.89. The second-order valence-corrected chi connectivity index (χ2v) is 11.7. The maximum absolute atomic E-state index is 9.27. The molecule has 4 aliphatic carbocycles. The summed E-state index contributed by atoms with van der Waals surface area (Å²) < 4.78 is 0. The fraction of sp³-hybridized carbons (Fsp3) is 0.815. The summed E-state index contributed by atoms with van der Waals surface area (Å²) in [6, 6.07) is 0. The lowest BCUT2D eigenvalue weighted by atomic mass is 9.46. The van der Waals surface area contributed by atoms with Crippen molar-refractivity contribution in [2.75, 3.05) is 0 Å². The van der Waals surface area contributed by atoms with Gasteiger partial charge in [-0.1, -0.05) is 43.1 Å². The van der Waals surface area contributed by atoms with Crippen molar-refractivity contribution in [1.82, 2.24) is 0 Å². The molecule has 0 aliphatic heterocycles. The largest absolute Gasteiger partial charge is 0.411 e. The number of oxime groups is 1. The van der Waals surface area contributed by atoms with Gasteiger partial charge in [-0.15, -0.1) is 0 Å². The molecule has 0 aromatic heterocycles. The van der Waals surface area contributed by atoms with Crippen LogP contribution in [0.3, 0.4) is 0 Å². The quantitative estimate of drug-likeness (QED) is 0.293. The summed E-state index contributed by atoms with van der Waals surface area (Å²) in [5, 5.41) is 12.8. The summed E-state index contributed by atoms with van der Waals surface area (Å²) >= 11 is 0. The molecule has 1 N–H and O–H groups in total. The van der Waals surface area contributed by atoms with E-state index >= 15 is 0 Å². The Hall–Kier alpha value is -1.05. The minimum absolute atomic E-state index is 0.353. The third-order valence-electron chi connectivity index (χ3n) is 10.0. The molecular weight excluding hydrogens is 354 g/mol. The number of nitrogens with zero attached hydrogens (tertiary/aromatic N) is 1. The molecule has 0 heterocycles. The molecular formula is C27H43NO. The highest BCUT2D eigenvalue weighted by Crippen LogP contribution is 2.67. The first-order chi connectivity index (χ1) is 13.8. The fourth-order valence-corrected chi connectivity index (χ4v) is 8.46. The Kier molecular flexibility index (Phi) is 5.77. The van der Waals surface area contributed by atoms with Gasteiger partial charge in [-0.05, 0) is 125 Å². The van der Waals surface area contributed by atoms with E-state index in [1.54, 1.807) is 5.57 Å². The van der Waals surface area contributed by atoms with Crippen molar-refractivity contribution in [2.45, 2.75) is 98.8 Å². The monoisotopic (exact) mass is 397 g/mol. The highest BCUT2D eigenvalue weighted by atomic mass is 16.4. The van der Waals surface area contributed by atoms with Gasteiger partial charge in [0.15, 0.2) is 0 Å². The van der Waals surface area contributed by atoms with E-state index in [0.29, 0.717) is 10.8 Å². The summed E-state index contributed by atoms with van der Waals surface area (Å²) in [7, 11) is 0. The van der Waals surface area contributed by atoms with E-state index in [9.17, 15) is 5.21 Å². The van der Waals surface area contributed by atoms with Crippen LogP contribution in [0.5, 0.6) is 0 Å². The van der Waals surface area contributed by atoms with Gasteiger partial charge in [-0.2, -0.15) is 0 Å². The van der Waals surface area contributed by atoms with Crippen LogP contribution in [0.4, 0.5) is 0 Å². The Balaban J connectivity index is 1.52. The highest BCUT2D eigenvalue weighted by molar-refractivity contribution is 5.96. The molecule has 0 radical (unpaired) electrons. The zero-order valence-corrected chi connectivity index (χ0v) is 19.5. The van der Waals surface area contributed by atoms with E-state index in [1.165, 1.54) is 63.4 Å². The zero-order valence-electron chi connectivity index (χ0n) is 19.5. The van der Waals surface area contributed by atoms with Crippen LogP contribution in [-0.4, -0.2) is 10.9 Å². The second-order valence-electron chi connectivity index (χ2n) is 11.7. The van der Waals surface area contributed by atoms with Crippen LogP contribution in [-0.2, 0) is 0 Å². The molecule has 0 saturated heterocycles. The molecule has 4 aliphatic rings. The molecule has 0 amide bonds. The van der Waals surface area contributed by atoms with Gasteiger partial charge in [0.1, 0.15) is 0 Å². The molecule has 0 aromatic rings. The Morgan fingerprint density at radius 1 is 1.14 bits per heavy atom. The van der Waals surface area contributed by atoms with Gasteiger partial charge in [0.2, 0.25) is 0 Å². The van der Waals surface area contributed by atoms with Crippen molar-refractivity contribution >= 4 is 5.71 Å². The van der Waals surface area contributed by atoms with Gasteiger partial charge < -0.3 is 5.21 Å². The lowest BCUT2D eigenvalue weighted by Gasteiger charge is -2.58. The lowest BCUT2D eigenvalue weighted by molar-refractivity contribution is -0.0571.